The zero-order chi connectivity index (χ0) is 29.2. The lowest BCUT2D eigenvalue weighted by molar-refractivity contribution is -0.114. The number of amides is 3. The Labute approximate surface area is 245 Å². The molecule has 0 bridgehead atoms. The van der Waals surface area contributed by atoms with Crippen molar-refractivity contribution in [2.75, 3.05) is 16.4 Å². The second kappa shape index (κ2) is 14.1. The molecule has 0 atom stereocenters. The van der Waals surface area contributed by atoms with E-state index >= 15 is 0 Å². The maximum atomic E-state index is 13.4. The van der Waals surface area contributed by atoms with E-state index in [-0.39, 0.29) is 23.3 Å². The Hall–Kier alpha value is -4.62. The van der Waals surface area contributed by atoms with E-state index in [0.717, 1.165) is 21.7 Å². The molecular formula is C34H33N3O3S. The molecule has 0 aliphatic carbocycles. The van der Waals surface area contributed by atoms with Crippen LogP contribution in [0, 0.1) is 6.92 Å². The molecule has 0 saturated heterocycles. The van der Waals surface area contributed by atoms with Crippen LogP contribution < -0.4 is 16.0 Å². The molecule has 4 rings (SSSR count). The first-order valence-corrected chi connectivity index (χ1v) is 14.3. The fourth-order valence-electron chi connectivity index (χ4n) is 4.01. The third-order valence-corrected chi connectivity index (χ3v) is 7.33. The quantitative estimate of drug-likeness (QED) is 0.140. The Morgan fingerprint density at radius 1 is 0.780 bits per heavy atom. The zero-order valence-electron chi connectivity index (χ0n) is 23.3. The van der Waals surface area contributed by atoms with E-state index in [1.54, 1.807) is 42.5 Å². The minimum Gasteiger partial charge on any atom is -0.325 e. The molecule has 0 heterocycles. The maximum Gasteiger partial charge on any atom is 0.272 e. The van der Waals surface area contributed by atoms with Crippen LogP contribution in [0.2, 0.25) is 0 Å². The number of thioether (sulfide) groups is 1. The molecule has 6 nitrogen and oxygen atoms in total. The summed E-state index contributed by atoms with van der Waals surface area (Å²) < 4.78 is 0. The first-order chi connectivity index (χ1) is 19.8. The maximum absolute atomic E-state index is 13.4. The number of rotatable bonds is 10. The first-order valence-electron chi connectivity index (χ1n) is 13.4. The largest absolute Gasteiger partial charge is 0.325 e. The van der Waals surface area contributed by atoms with E-state index in [4.69, 9.17) is 0 Å². The molecular weight excluding hydrogens is 530 g/mol. The first kappa shape index (κ1) is 29.4. The Morgan fingerprint density at radius 2 is 1.49 bits per heavy atom. The highest BCUT2D eigenvalue weighted by molar-refractivity contribution is 8.00. The van der Waals surface area contributed by atoms with Crippen LogP contribution in [0.4, 0.5) is 11.4 Å². The predicted molar refractivity (Wildman–Crippen MR) is 168 cm³/mol. The number of carbonyl (C=O) groups is 3. The SMILES string of the molecule is Cc1ccccc1/C=C(\NC(=O)c1ccccc1)C(=O)Nc1cccc(SCC(=O)Nc2ccc(C(C)C)cc2)c1. The molecule has 0 spiro atoms. The van der Waals surface area contributed by atoms with Crippen molar-refractivity contribution in [2.45, 2.75) is 31.6 Å². The highest BCUT2D eigenvalue weighted by Gasteiger charge is 2.16. The summed E-state index contributed by atoms with van der Waals surface area (Å²) in [6.45, 7) is 6.20. The molecule has 208 valence electrons. The molecule has 0 fully saturated rings. The summed E-state index contributed by atoms with van der Waals surface area (Å²) in [5, 5.41) is 8.58. The zero-order valence-corrected chi connectivity index (χ0v) is 24.1. The van der Waals surface area contributed by atoms with Crippen LogP contribution >= 0.6 is 11.8 Å². The molecule has 0 radical (unpaired) electrons. The smallest absolute Gasteiger partial charge is 0.272 e. The minimum atomic E-state index is -0.456. The van der Waals surface area contributed by atoms with Gasteiger partial charge in [-0.25, -0.2) is 0 Å². The van der Waals surface area contributed by atoms with Gasteiger partial charge in [-0.1, -0.05) is 74.5 Å². The van der Waals surface area contributed by atoms with Crippen molar-refractivity contribution >= 4 is 46.9 Å². The molecule has 7 heteroatoms. The van der Waals surface area contributed by atoms with Gasteiger partial charge in [0.2, 0.25) is 5.91 Å². The molecule has 4 aromatic rings. The summed E-state index contributed by atoms with van der Waals surface area (Å²) in [5.74, 6) is -0.308. The van der Waals surface area contributed by atoms with E-state index in [9.17, 15) is 14.4 Å². The average Bonchev–Trinajstić information content (AvgIpc) is 2.97. The normalized spacial score (nSPS) is 11.2. The number of aryl methyl sites for hydroxylation is 1. The number of nitrogens with one attached hydrogen (secondary N) is 3. The lowest BCUT2D eigenvalue weighted by Gasteiger charge is -2.13. The van der Waals surface area contributed by atoms with Gasteiger partial charge in [-0.2, -0.15) is 0 Å². The van der Waals surface area contributed by atoms with Crippen molar-refractivity contribution in [1.82, 2.24) is 5.32 Å². The van der Waals surface area contributed by atoms with Gasteiger partial charge in [0, 0.05) is 21.8 Å². The molecule has 0 aliphatic rings. The van der Waals surface area contributed by atoms with Gasteiger partial charge in [-0.3, -0.25) is 14.4 Å². The molecule has 3 N–H and O–H groups in total. The summed E-state index contributed by atoms with van der Waals surface area (Å²) in [7, 11) is 0. The second-order valence-corrected chi connectivity index (χ2v) is 10.9. The lowest BCUT2D eigenvalue weighted by Crippen LogP contribution is -2.30. The Bertz CT molecular complexity index is 1550. The number of hydrogen-bond donors (Lipinski definition) is 3. The van der Waals surface area contributed by atoms with Crippen molar-refractivity contribution in [1.29, 1.82) is 0 Å². The van der Waals surface area contributed by atoms with Crippen LogP contribution in [0.5, 0.6) is 0 Å². The lowest BCUT2D eigenvalue weighted by atomic mass is 10.0. The van der Waals surface area contributed by atoms with Crippen molar-refractivity contribution in [3.05, 3.63) is 131 Å². The third-order valence-electron chi connectivity index (χ3n) is 6.34. The van der Waals surface area contributed by atoms with Crippen molar-refractivity contribution in [2.24, 2.45) is 0 Å². The van der Waals surface area contributed by atoms with Crippen LogP contribution in [-0.4, -0.2) is 23.5 Å². The van der Waals surface area contributed by atoms with Crippen LogP contribution in [0.3, 0.4) is 0 Å². The van der Waals surface area contributed by atoms with Gasteiger partial charge in [0.1, 0.15) is 5.70 Å². The molecule has 0 saturated carbocycles. The van der Waals surface area contributed by atoms with Crippen LogP contribution in [-0.2, 0) is 9.59 Å². The summed E-state index contributed by atoms with van der Waals surface area (Å²) >= 11 is 1.37. The minimum absolute atomic E-state index is 0.117. The fourth-order valence-corrected chi connectivity index (χ4v) is 4.76. The monoisotopic (exact) mass is 563 g/mol. The Morgan fingerprint density at radius 3 is 2.20 bits per heavy atom. The number of hydrogen-bond acceptors (Lipinski definition) is 4. The number of anilines is 2. The van der Waals surface area contributed by atoms with E-state index < -0.39 is 5.91 Å². The van der Waals surface area contributed by atoms with Gasteiger partial charge >= 0.3 is 0 Å². The third kappa shape index (κ3) is 8.68. The van der Waals surface area contributed by atoms with Crippen molar-refractivity contribution in [3.63, 3.8) is 0 Å². The van der Waals surface area contributed by atoms with Gasteiger partial charge in [0.25, 0.3) is 11.8 Å². The van der Waals surface area contributed by atoms with Gasteiger partial charge in [-0.15, -0.1) is 11.8 Å². The van der Waals surface area contributed by atoms with E-state index in [2.05, 4.69) is 29.8 Å². The Balaban J connectivity index is 1.43. The van der Waals surface area contributed by atoms with E-state index in [1.807, 2.05) is 73.7 Å². The topological polar surface area (TPSA) is 87.3 Å². The van der Waals surface area contributed by atoms with E-state index in [0.29, 0.717) is 17.2 Å². The molecule has 41 heavy (non-hydrogen) atoms. The summed E-state index contributed by atoms with van der Waals surface area (Å²) in [6, 6.07) is 31.5. The highest BCUT2D eigenvalue weighted by atomic mass is 32.2. The molecule has 3 amide bonds. The summed E-state index contributed by atoms with van der Waals surface area (Å²) in [5.41, 5.74) is 4.88. The number of carbonyl (C=O) groups excluding carboxylic acids is 3. The van der Waals surface area contributed by atoms with E-state index in [1.165, 1.54) is 17.3 Å². The molecule has 4 aromatic carbocycles. The highest BCUT2D eigenvalue weighted by Crippen LogP contribution is 2.23. The van der Waals surface area contributed by atoms with Gasteiger partial charge in [0.05, 0.1) is 5.75 Å². The fraction of sp³-hybridized carbons (Fsp3) is 0.147. The molecule has 0 aliphatic heterocycles. The Kier molecular flexibility index (Phi) is 10.1. The van der Waals surface area contributed by atoms with Crippen molar-refractivity contribution < 1.29 is 14.4 Å². The summed E-state index contributed by atoms with van der Waals surface area (Å²) in [6.07, 6.45) is 1.67. The van der Waals surface area contributed by atoms with Gasteiger partial charge in [0.15, 0.2) is 0 Å². The second-order valence-electron chi connectivity index (χ2n) is 9.83. The van der Waals surface area contributed by atoms with Crippen LogP contribution in [0.25, 0.3) is 6.08 Å². The summed E-state index contributed by atoms with van der Waals surface area (Å²) in [4.78, 5) is 39.6. The van der Waals surface area contributed by atoms with Gasteiger partial charge < -0.3 is 16.0 Å². The standard InChI is InChI=1S/C34H33N3O3S/c1-23(2)25-16-18-28(19-17-25)35-32(38)22-41-30-15-9-14-29(21-30)36-34(40)31(20-27-13-8-7-10-24(27)3)37-33(39)26-11-5-4-6-12-26/h4-21,23H,22H2,1-3H3,(H,35,38)(H,36,40)(H,37,39)/b31-20-. The average molecular weight is 564 g/mol. The predicted octanol–water partition coefficient (Wildman–Crippen LogP) is 7.26. The van der Waals surface area contributed by atoms with Gasteiger partial charge in [-0.05, 0) is 78.1 Å². The van der Waals surface area contributed by atoms with Crippen LogP contribution in [0.1, 0.15) is 46.8 Å². The molecule has 0 unspecified atom stereocenters. The van der Waals surface area contributed by atoms with Crippen LogP contribution in [0.15, 0.2) is 114 Å². The van der Waals surface area contributed by atoms with Crippen molar-refractivity contribution in [3.8, 4) is 0 Å². The molecule has 0 aromatic heterocycles. The number of benzene rings is 4.